The Morgan fingerprint density at radius 2 is 1.61 bits per heavy atom. The van der Waals surface area contributed by atoms with E-state index in [4.69, 9.17) is 0 Å². The minimum atomic E-state index is -3.05. The summed E-state index contributed by atoms with van der Waals surface area (Å²) >= 11 is 1.73. The van der Waals surface area contributed by atoms with E-state index in [0.29, 0.717) is 5.75 Å². The second-order valence-electron chi connectivity index (χ2n) is 6.59. The fraction of sp³-hybridized carbons (Fsp3) is 1.00. The molecule has 0 aromatic heterocycles. The Bertz CT molecular complexity index is 375. The Hall–Kier alpha value is 0.220. The van der Waals surface area contributed by atoms with Gasteiger partial charge in [0.05, 0.1) is 5.75 Å². The quantitative estimate of drug-likeness (QED) is 0.491. The van der Waals surface area contributed by atoms with Crippen LogP contribution in [-0.2, 0) is 10.0 Å². The Morgan fingerprint density at radius 1 is 1.00 bits per heavy atom. The molecule has 6 heteroatoms. The molecule has 1 fully saturated rings. The van der Waals surface area contributed by atoms with Crippen molar-refractivity contribution in [2.45, 2.75) is 77.2 Å². The first-order valence-electron chi connectivity index (χ1n) is 9.42. The molecule has 0 aromatic carbocycles. The third kappa shape index (κ3) is 12.3. The van der Waals surface area contributed by atoms with Crippen LogP contribution in [0.25, 0.3) is 0 Å². The highest BCUT2D eigenvalue weighted by Gasteiger charge is 2.21. The Morgan fingerprint density at radius 3 is 2.26 bits per heavy atom. The molecule has 2 N–H and O–H groups in total. The van der Waals surface area contributed by atoms with E-state index >= 15 is 0 Å². The van der Waals surface area contributed by atoms with E-state index in [9.17, 15) is 8.42 Å². The molecular formula is C17H36N2O2S2. The minimum absolute atomic E-state index is 0.0515. The third-order valence-corrected chi connectivity index (χ3v) is 7.08. The zero-order valence-corrected chi connectivity index (χ0v) is 16.4. The van der Waals surface area contributed by atoms with Crippen LogP contribution < -0.4 is 10.0 Å². The van der Waals surface area contributed by atoms with E-state index in [1.165, 1.54) is 64.2 Å². The van der Waals surface area contributed by atoms with Gasteiger partial charge in [-0.1, -0.05) is 64.7 Å². The SMILES string of the molecule is CCCCCCCCCCCCNC[C@@H]1CSCCS(=O)(=O)N1. The first kappa shape index (κ1) is 21.3. The zero-order chi connectivity index (χ0) is 16.8. The van der Waals surface area contributed by atoms with Gasteiger partial charge in [0.25, 0.3) is 0 Å². The van der Waals surface area contributed by atoms with Gasteiger partial charge in [-0.15, -0.1) is 0 Å². The summed E-state index contributed by atoms with van der Waals surface area (Å²) in [6.45, 7) is 4.01. The molecule has 0 bridgehead atoms. The van der Waals surface area contributed by atoms with Gasteiger partial charge in [-0.05, 0) is 13.0 Å². The average Bonchev–Trinajstić information content (AvgIpc) is 2.69. The van der Waals surface area contributed by atoms with Crippen LogP contribution in [0.5, 0.6) is 0 Å². The van der Waals surface area contributed by atoms with Crippen LogP contribution in [-0.4, -0.2) is 44.8 Å². The number of sulfonamides is 1. The molecule has 0 amide bonds. The van der Waals surface area contributed by atoms with Gasteiger partial charge in [0, 0.05) is 24.1 Å². The summed E-state index contributed by atoms with van der Waals surface area (Å²) in [7, 11) is -3.05. The van der Waals surface area contributed by atoms with Crippen LogP contribution in [0.1, 0.15) is 71.1 Å². The number of hydrogen-bond donors (Lipinski definition) is 2. The van der Waals surface area contributed by atoms with Crippen molar-refractivity contribution >= 4 is 21.8 Å². The predicted molar refractivity (Wildman–Crippen MR) is 103 cm³/mol. The fourth-order valence-corrected chi connectivity index (χ4v) is 5.75. The number of thioether (sulfide) groups is 1. The van der Waals surface area contributed by atoms with Crippen molar-refractivity contribution in [1.82, 2.24) is 10.0 Å². The van der Waals surface area contributed by atoms with Crippen molar-refractivity contribution in [3.05, 3.63) is 0 Å². The maximum absolute atomic E-state index is 11.6. The predicted octanol–water partition coefficient (Wildman–Crippen LogP) is 3.53. The highest BCUT2D eigenvalue weighted by Crippen LogP contribution is 2.11. The summed E-state index contributed by atoms with van der Waals surface area (Å²) in [4.78, 5) is 0. The molecule has 1 saturated heterocycles. The van der Waals surface area contributed by atoms with Crippen LogP contribution in [0.2, 0.25) is 0 Å². The molecule has 1 rings (SSSR count). The molecule has 4 nitrogen and oxygen atoms in total. The standard InChI is InChI=1S/C17H36N2O2S2/c1-2-3-4-5-6-7-8-9-10-11-12-18-15-17-16-22-13-14-23(20,21)19-17/h17-19H,2-16H2,1H3/t17-/m1/s1. The number of rotatable bonds is 13. The lowest BCUT2D eigenvalue weighted by molar-refractivity contribution is 0.520. The van der Waals surface area contributed by atoms with Crippen molar-refractivity contribution in [1.29, 1.82) is 0 Å². The first-order valence-corrected chi connectivity index (χ1v) is 12.2. The number of hydrogen-bond acceptors (Lipinski definition) is 4. The molecular weight excluding hydrogens is 328 g/mol. The van der Waals surface area contributed by atoms with E-state index < -0.39 is 10.0 Å². The second-order valence-corrected chi connectivity index (χ2v) is 9.62. The molecule has 0 aromatic rings. The maximum Gasteiger partial charge on any atom is 0.212 e. The summed E-state index contributed by atoms with van der Waals surface area (Å²) in [5, 5.41) is 3.41. The van der Waals surface area contributed by atoms with Crippen molar-refractivity contribution in [3.8, 4) is 0 Å². The van der Waals surface area contributed by atoms with Crippen molar-refractivity contribution in [2.24, 2.45) is 0 Å². The van der Waals surface area contributed by atoms with E-state index in [1.54, 1.807) is 11.8 Å². The molecule has 23 heavy (non-hydrogen) atoms. The maximum atomic E-state index is 11.6. The lowest BCUT2D eigenvalue weighted by atomic mass is 10.1. The van der Waals surface area contributed by atoms with Crippen LogP contribution in [0.15, 0.2) is 0 Å². The van der Waals surface area contributed by atoms with E-state index in [2.05, 4.69) is 17.0 Å². The lowest BCUT2D eigenvalue weighted by Gasteiger charge is -2.15. The van der Waals surface area contributed by atoms with Crippen LogP contribution >= 0.6 is 11.8 Å². The molecule has 0 unspecified atom stereocenters. The van der Waals surface area contributed by atoms with Gasteiger partial charge in [-0.3, -0.25) is 0 Å². The molecule has 1 aliphatic rings. The zero-order valence-electron chi connectivity index (χ0n) is 14.8. The van der Waals surface area contributed by atoms with Gasteiger partial charge < -0.3 is 5.32 Å². The van der Waals surface area contributed by atoms with Crippen molar-refractivity contribution in [3.63, 3.8) is 0 Å². The highest BCUT2D eigenvalue weighted by molar-refractivity contribution is 8.00. The number of nitrogens with one attached hydrogen (secondary N) is 2. The topological polar surface area (TPSA) is 58.2 Å². The summed E-state index contributed by atoms with van der Waals surface area (Å²) in [5.41, 5.74) is 0. The summed E-state index contributed by atoms with van der Waals surface area (Å²) in [5.74, 6) is 1.85. The normalized spacial score (nSPS) is 21.2. The molecule has 1 heterocycles. The molecule has 0 radical (unpaired) electrons. The molecule has 1 atom stereocenters. The highest BCUT2D eigenvalue weighted by atomic mass is 32.2. The van der Waals surface area contributed by atoms with Gasteiger partial charge in [-0.25, -0.2) is 13.1 Å². The molecule has 0 saturated carbocycles. The second kappa shape index (κ2) is 13.5. The third-order valence-electron chi connectivity index (χ3n) is 4.26. The minimum Gasteiger partial charge on any atom is -0.315 e. The van der Waals surface area contributed by atoms with Crippen molar-refractivity contribution < 1.29 is 8.42 Å². The van der Waals surface area contributed by atoms with Gasteiger partial charge >= 0.3 is 0 Å². The Labute approximate surface area is 148 Å². The summed E-state index contributed by atoms with van der Waals surface area (Å²) in [6.07, 6.45) is 13.5. The van der Waals surface area contributed by atoms with E-state index in [0.717, 1.165) is 18.8 Å². The average molecular weight is 365 g/mol. The fourth-order valence-electron chi connectivity index (χ4n) is 2.86. The van der Waals surface area contributed by atoms with Crippen LogP contribution in [0.3, 0.4) is 0 Å². The molecule has 1 aliphatic heterocycles. The smallest absolute Gasteiger partial charge is 0.212 e. The summed E-state index contributed by atoms with van der Waals surface area (Å²) in [6, 6.07) is 0.0515. The van der Waals surface area contributed by atoms with Crippen LogP contribution in [0, 0.1) is 0 Å². The van der Waals surface area contributed by atoms with E-state index in [-0.39, 0.29) is 11.8 Å². The van der Waals surface area contributed by atoms with Gasteiger partial charge in [0.15, 0.2) is 0 Å². The Kier molecular flexibility index (Phi) is 12.5. The van der Waals surface area contributed by atoms with E-state index in [1.807, 2.05) is 0 Å². The van der Waals surface area contributed by atoms with Crippen LogP contribution in [0.4, 0.5) is 0 Å². The van der Waals surface area contributed by atoms with Gasteiger partial charge in [0.2, 0.25) is 10.0 Å². The lowest BCUT2D eigenvalue weighted by Crippen LogP contribution is -2.43. The van der Waals surface area contributed by atoms with Gasteiger partial charge in [-0.2, -0.15) is 11.8 Å². The molecule has 0 aliphatic carbocycles. The molecule has 138 valence electrons. The number of unbranched alkanes of at least 4 members (excludes halogenated alkanes) is 9. The monoisotopic (exact) mass is 364 g/mol. The largest absolute Gasteiger partial charge is 0.315 e. The first-order chi connectivity index (χ1) is 11.1. The summed E-state index contributed by atoms with van der Waals surface area (Å²) < 4.78 is 26.1. The van der Waals surface area contributed by atoms with Gasteiger partial charge in [0.1, 0.15) is 0 Å². The molecule has 0 spiro atoms. The van der Waals surface area contributed by atoms with Crippen molar-refractivity contribution in [2.75, 3.05) is 30.3 Å². The Balaban J connectivity index is 1.87.